The normalized spacial score (nSPS) is 14.3. The molecule has 1 aromatic heterocycles. The van der Waals surface area contributed by atoms with Gasteiger partial charge in [0, 0.05) is 11.5 Å². The number of aliphatic carboxylic acids is 1. The zero-order valence-electron chi connectivity index (χ0n) is 17.8. The SMILES string of the molecule is COc1ccc2c(c1)nc(SC(C)(C)C(=O)O)n2-c1ccc(C2CC2)c2ccccc12. The molecular formula is C25H24N2O3S. The lowest BCUT2D eigenvalue weighted by molar-refractivity contribution is -0.138. The van der Waals surface area contributed by atoms with Gasteiger partial charge in [0.15, 0.2) is 5.16 Å². The van der Waals surface area contributed by atoms with Crippen molar-refractivity contribution in [3.8, 4) is 11.4 Å². The van der Waals surface area contributed by atoms with Crippen molar-refractivity contribution in [1.29, 1.82) is 0 Å². The minimum absolute atomic E-state index is 0.641. The summed E-state index contributed by atoms with van der Waals surface area (Å²) in [4.78, 5) is 16.7. The van der Waals surface area contributed by atoms with Crippen LogP contribution in [0.4, 0.5) is 0 Å². The molecule has 6 heteroatoms. The first-order valence-corrected chi connectivity index (χ1v) is 11.2. The van der Waals surface area contributed by atoms with Gasteiger partial charge in [-0.1, -0.05) is 42.1 Å². The standard InChI is InChI=1S/C25H24N2O3S/c1-25(2,23(28)29)31-24-26-20-14-16(30-3)10-12-22(20)27(24)21-13-11-17(15-8-9-15)18-6-4-5-7-19(18)21/h4-7,10-15H,8-9H2,1-3H3,(H,28,29). The van der Waals surface area contributed by atoms with Crippen LogP contribution < -0.4 is 4.74 Å². The molecule has 1 aliphatic rings. The molecule has 3 aromatic carbocycles. The first-order chi connectivity index (χ1) is 14.9. The van der Waals surface area contributed by atoms with E-state index in [1.807, 2.05) is 18.2 Å². The van der Waals surface area contributed by atoms with Crippen LogP contribution in [-0.2, 0) is 4.79 Å². The number of carboxylic acids is 1. The molecule has 1 fully saturated rings. The molecular weight excluding hydrogens is 408 g/mol. The van der Waals surface area contributed by atoms with Crippen molar-refractivity contribution in [1.82, 2.24) is 9.55 Å². The minimum Gasteiger partial charge on any atom is -0.497 e. The molecule has 0 spiro atoms. The second-order valence-corrected chi connectivity index (χ2v) is 10.1. The highest BCUT2D eigenvalue weighted by molar-refractivity contribution is 8.01. The number of ether oxygens (including phenoxy) is 1. The molecule has 1 saturated carbocycles. The van der Waals surface area contributed by atoms with E-state index >= 15 is 0 Å². The van der Waals surface area contributed by atoms with Gasteiger partial charge in [0.25, 0.3) is 0 Å². The van der Waals surface area contributed by atoms with Gasteiger partial charge >= 0.3 is 5.97 Å². The van der Waals surface area contributed by atoms with E-state index in [1.165, 1.54) is 35.6 Å². The summed E-state index contributed by atoms with van der Waals surface area (Å²) in [5.41, 5.74) is 4.11. The van der Waals surface area contributed by atoms with Crippen LogP contribution in [0.25, 0.3) is 27.5 Å². The Hall–Kier alpha value is -2.99. The van der Waals surface area contributed by atoms with E-state index < -0.39 is 10.7 Å². The Kier molecular flexibility index (Phi) is 4.70. The number of benzene rings is 3. The van der Waals surface area contributed by atoms with E-state index in [2.05, 4.69) is 41.0 Å². The van der Waals surface area contributed by atoms with Crippen molar-refractivity contribution in [3.05, 3.63) is 60.2 Å². The number of hydrogen-bond acceptors (Lipinski definition) is 4. The van der Waals surface area contributed by atoms with Gasteiger partial charge in [-0.2, -0.15) is 0 Å². The quantitative estimate of drug-likeness (QED) is 0.378. The number of hydrogen-bond donors (Lipinski definition) is 1. The molecule has 0 atom stereocenters. The molecule has 5 rings (SSSR count). The zero-order valence-corrected chi connectivity index (χ0v) is 18.6. The minimum atomic E-state index is -1.02. The van der Waals surface area contributed by atoms with Gasteiger partial charge in [0.1, 0.15) is 10.5 Å². The molecule has 0 amide bonds. The molecule has 0 aliphatic heterocycles. The highest BCUT2D eigenvalue weighted by Crippen LogP contribution is 2.45. The topological polar surface area (TPSA) is 64.3 Å². The molecule has 1 aliphatic carbocycles. The molecule has 0 saturated heterocycles. The van der Waals surface area contributed by atoms with Gasteiger partial charge in [-0.3, -0.25) is 9.36 Å². The van der Waals surface area contributed by atoms with Crippen LogP contribution in [0.1, 0.15) is 38.2 Å². The maximum absolute atomic E-state index is 11.8. The number of thioether (sulfide) groups is 1. The van der Waals surface area contributed by atoms with Crippen LogP contribution in [0.3, 0.4) is 0 Å². The Morgan fingerprint density at radius 3 is 2.55 bits per heavy atom. The van der Waals surface area contributed by atoms with Gasteiger partial charge in [-0.25, -0.2) is 4.98 Å². The van der Waals surface area contributed by atoms with E-state index in [4.69, 9.17) is 9.72 Å². The number of rotatable bonds is 6. The number of carbonyl (C=O) groups is 1. The first-order valence-electron chi connectivity index (χ1n) is 10.4. The Balaban J connectivity index is 1.78. The van der Waals surface area contributed by atoms with Gasteiger partial charge in [-0.05, 0) is 61.8 Å². The Morgan fingerprint density at radius 1 is 1.13 bits per heavy atom. The fourth-order valence-corrected chi connectivity index (χ4v) is 4.97. The van der Waals surface area contributed by atoms with E-state index in [1.54, 1.807) is 21.0 Å². The van der Waals surface area contributed by atoms with Crippen LogP contribution in [-0.4, -0.2) is 32.5 Å². The highest BCUT2D eigenvalue weighted by atomic mass is 32.2. The molecule has 5 nitrogen and oxygen atoms in total. The summed E-state index contributed by atoms with van der Waals surface area (Å²) in [6, 6.07) is 18.6. The third kappa shape index (κ3) is 3.45. The van der Waals surface area contributed by atoms with Crippen LogP contribution in [0, 0.1) is 0 Å². The molecule has 0 unspecified atom stereocenters. The first kappa shape index (κ1) is 19.9. The van der Waals surface area contributed by atoms with Crippen LogP contribution >= 0.6 is 11.8 Å². The summed E-state index contributed by atoms with van der Waals surface area (Å²) in [6.07, 6.45) is 2.48. The third-order valence-corrected chi connectivity index (χ3v) is 7.03. The molecule has 1 heterocycles. The molecule has 1 N–H and O–H groups in total. The van der Waals surface area contributed by atoms with E-state index in [-0.39, 0.29) is 0 Å². The smallest absolute Gasteiger partial charge is 0.319 e. The van der Waals surface area contributed by atoms with Crippen molar-refractivity contribution in [2.45, 2.75) is 42.5 Å². The van der Waals surface area contributed by atoms with Gasteiger partial charge in [0.2, 0.25) is 0 Å². The number of imidazole rings is 1. The summed E-state index contributed by atoms with van der Waals surface area (Å²) >= 11 is 1.26. The summed E-state index contributed by atoms with van der Waals surface area (Å²) in [5, 5.41) is 12.8. The van der Waals surface area contributed by atoms with Gasteiger partial charge < -0.3 is 9.84 Å². The van der Waals surface area contributed by atoms with Crippen molar-refractivity contribution in [2.24, 2.45) is 0 Å². The van der Waals surface area contributed by atoms with Crippen LogP contribution in [0.2, 0.25) is 0 Å². The summed E-state index contributed by atoms with van der Waals surface area (Å²) in [7, 11) is 1.63. The maximum Gasteiger partial charge on any atom is 0.319 e. The van der Waals surface area contributed by atoms with E-state index in [9.17, 15) is 9.90 Å². The number of carboxylic acid groups (broad SMARTS) is 1. The van der Waals surface area contributed by atoms with Crippen molar-refractivity contribution in [3.63, 3.8) is 0 Å². The molecule has 4 aromatic rings. The number of methoxy groups -OCH3 is 1. The monoisotopic (exact) mass is 432 g/mol. The van der Waals surface area contributed by atoms with E-state index in [0.29, 0.717) is 11.1 Å². The lowest BCUT2D eigenvalue weighted by atomic mass is 9.99. The van der Waals surface area contributed by atoms with Crippen molar-refractivity contribution < 1.29 is 14.6 Å². The predicted molar refractivity (Wildman–Crippen MR) is 125 cm³/mol. The summed E-state index contributed by atoms with van der Waals surface area (Å²) < 4.78 is 6.45. The molecule has 158 valence electrons. The molecule has 0 bridgehead atoms. The van der Waals surface area contributed by atoms with Gasteiger partial charge in [-0.15, -0.1) is 0 Å². The van der Waals surface area contributed by atoms with Crippen molar-refractivity contribution in [2.75, 3.05) is 7.11 Å². The maximum atomic E-state index is 11.8. The number of fused-ring (bicyclic) bond motifs is 2. The average Bonchev–Trinajstić information content (AvgIpc) is 3.54. The average molecular weight is 433 g/mol. The summed E-state index contributed by atoms with van der Waals surface area (Å²) in [5.74, 6) is 0.491. The summed E-state index contributed by atoms with van der Waals surface area (Å²) in [6.45, 7) is 3.41. The largest absolute Gasteiger partial charge is 0.497 e. The Labute approximate surface area is 185 Å². The lowest BCUT2D eigenvalue weighted by Gasteiger charge is -2.20. The number of aromatic nitrogens is 2. The molecule has 31 heavy (non-hydrogen) atoms. The van der Waals surface area contributed by atoms with E-state index in [0.717, 1.165) is 27.9 Å². The molecule has 0 radical (unpaired) electrons. The Bertz CT molecular complexity index is 1320. The number of nitrogens with zero attached hydrogens (tertiary/aromatic N) is 2. The highest BCUT2D eigenvalue weighted by Gasteiger charge is 2.32. The second kappa shape index (κ2) is 7.31. The second-order valence-electron chi connectivity index (χ2n) is 8.50. The third-order valence-electron chi connectivity index (χ3n) is 5.89. The van der Waals surface area contributed by atoms with Crippen LogP contribution in [0.15, 0.2) is 59.8 Å². The van der Waals surface area contributed by atoms with Gasteiger partial charge in [0.05, 0.1) is 23.8 Å². The van der Waals surface area contributed by atoms with Crippen LogP contribution in [0.5, 0.6) is 5.75 Å². The zero-order chi connectivity index (χ0) is 21.8. The lowest BCUT2D eigenvalue weighted by Crippen LogP contribution is -2.27. The predicted octanol–water partition coefficient (Wildman–Crippen LogP) is 6.02. The fourth-order valence-electron chi connectivity index (χ4n) is 3.99. The van der Waals surface area contributed by atoms with Crippen molar-refractivity contribution >= 4 is 39.5 Å². The Morgan fingerprint density at radius 2 is 1.87 bits per heavy atom. The fraction of sp³-hybridized carbons (Fsp3) is 0.280.